The molecule has 6 heteroatoms. The van der Waals surface area contributed by atoms with Gasteiger partial charge in [0.2, 0.25) is 6.04 Å². The van der Waals surface area contributed by atoms with Crippen molar-refractivity contribution in [2.24, 2.45) is 0 Å². The molecule has 0 radical (unpaired) electrons. The van der Waals surface area contributed by atoms with Gasteiger partial charge in [-0.3, -0.25) is 0 Å². The zero-order valence-corrected chi connectivity index (χ0v) is 41.0. The molecular weight excluding hydrogens is 927 g/mol. The van der Waals surface area contributed by atoms with E-state index >= 15 is 0 Å². The Hall–Kier alpha value is -10.2. The molecule has 10 aromatic carbocycles. The maximum absolute atomic E-state index is 6.79. The van der Waals surface area contributed by atoms with Crippen molar-refractivity contribution in [1.82, 2.24) is 19.1 Å². The molecule has 0 saturated carbocycles. The number of pyridine rings is 1. The Morgan fingerprint density at radius 1 is 0.382 bits per heavy atom. The number of aromatic nitrogens is 5. The summed E-state index contributed by atoms with van der Waals surface area (Å²) in [6, 6.07) is 89.2. The number of hydrogen-bond donors (Lipinski definition) is 0. The number of fused-ring (bicyclic) bond motifs is 14. The molecular formula is C70H44N5O+. The van der Waals surface area contributed by atoms with Gasteiger partial charge in [-0.05, 0) is 82.9 Å². The lowest BCUT2D eigenvalue weighted by Gasteiger charge is -2.21. The third-order valence-corrected chi connectivity index (χ3v) is 15.7. The van der Waals surface area contributed by atoms with Crippen LogP contribution in [0.5, 0.6) is 0 Å². The zero-order valence-electron chi connectivity index (χ0n) is 41.0. The summed E-state index contributed by atoms with van der Waals surface area (Å²) in [4.78, 5) is 10.7. The fraction of sp³-hybridized carbons (Fsp3) is 0.0143. The summed E-state index contributed by atoms with van der Waals surface area (Å²) in [5.41, 5.74) is 21.1. The molecule has 0 fully saturated rings. The fourth-order valence-electron chi connectivity index (χ4n) is 12.5. The maximum Gasteiger partial charge on any atom is 0.211 e. The van der Waals surface area contributed by atoms with Crippen molar-refractivity contribution in [2.45, 2.75) is 6.04 Å². The Morgan fingerprint density at radius 3 is 1.47 bits per heavy atom. The minimum atomic E-state index is -0.139. The second-order valence-corrected chi connectivity index (χ2v) is 19.8. The minimum absolute atomic E-state index is 0.139. The second kappa shape index (κ2) is 16.7. The number of nitrogens with zero attached hydrogens (tertiary/aromatic N) is 5. The SMILES string of the molecule is c1ccc(-c2nc(-c3cc(-c4ccccc4)c(-n4c5ccccc5c5c6c(ccc54)-c4ccc5c(c4C6[n+]4ccccc4)c4ccccc4n5-c4ccccc4)c(-c4ccccc4)c3)c3oc4ccccc4c3n2)cc1. The van der Waals surface area contributed by atoms with Gasteiger partial charge in [-0.2, -0.15) is 4.57 Å². The van der Waals surface area contributed by atoms with Crippen molar-refractivity contribution in [3.63, 3.8) is 0 Å². The van der Waals surface area contributed by atoms with Crippen LogP contribution in [-0.2, 0) is 0 Å². The van der Waals surface area contributed by atoms with Gasteiger partial charge in [0.15, 0.2) is 23.8 Å². The third kappa shape index (κ3) is 6.25. The van der Waals surface area contributed by atoms with Gasteiger partial charge in [-0.25, -0.2) is 9.97 Å². The predicted molar refractivity (Wildman–Crippen MR) is 309 cm³/mol. The Morgan fingerprint density at radius 2 is 0.868 bits per heavy atom. The molecule has 15 aromatic rings. The van der Waals surface area contributed by atoms with E-state index in [0.717, 1.165) is 78.0 Å². The van der Waals surface area contributed by atoms with Crippen molar-refractivity contribution in [3.8, 4) is 67.4 Å². The zero-order chi connectivity index (χ0) is 49.8. The normalized spacial score (nSPS) is 13.1. The highest BCUT2D eigenvalue weighted by molar-refractivity contribution is 6.19. The van der Waals surface area contributed by atoms with E-state index in [9.17, 15) is 0 Å². The van der Waals surface area contributed by atoms with E-state index < -0.39 is 0 Å². The van der Waals surface area contributed by atoms with Crippen LogP contribution in [0.1, 0.15) is 17.2 Å². The van der Waals surface area contributed by atoms with Crippen LogP contribution < -0.4 is 4.57 Å². The minimum Gasteiger partial charge on any atom is -0.452 e. The summed E-state index contributed by atoms with van der Waals surface area (Å²) in [6.07, 6.45) is 4.48. The van der Waals surface area contributed by atoms with Crippen LogP contribution in [0.4, 0.5) is 0 Å². The highest BCUT2D eigenvalue weighted by atomic mass is 16.3. The quantitative estimate of drug-likeness (QED) is 0.150. The molecule has 1 unspecified atom stereocenters. The molecule has 1 aliphatic carbocycles. The first-order valence-corrected chi connectivity index (χ1v) is 25.9. The summed E-state index contributed by atoms with van der Waals surface area (Å²) >= 11 is 0. The molecule has 0 aliphatic heterocycles. The fourth-order valence-corrected chi connectivity index (χ4v) is 12.5. The van der Waals surface area contributed by atoms with Crippen molar-refractivity contribution in [2.75, 3.05) is 0 Å². The summed E-state index contributed by atoms with van der Waals surface area (Å²) in [5.74, 6) is 0.645. The first-order chi connectivity index (χ1) is 37.7. The highest BCUT2D eigenvalue weighted by Crippen LogP contribution is 2.54. The van der Waals surface area contributed by atoms with Crippen molar-refractivity contribution in [1.29, 1.82) is 0 Å². The molecule has 0 bridgehead atoms. The van der Waals surface area contributed by atoms with E-state index in [1.165, 1.54) is 54.8 Å². The molecule has 354 valence electrons. The van der Waals surface area contributed by atoms with Gasteiger partial charge in [-0.1, -0.05) is 176 Å². The van der Waals surface area contributed by atoms with Crippen LogP contribution in [0, 0.1) is 0 Å². The first kappa shape index (κ1) is 42.3. The van der Waals surface area contributed by atoms with Crippen LogP contribution in [0.25, 0.3) is 133 Å². The lowest BCUT2D eigenvalue weighted by atomic mass is 9.91. The predicted octanol–water partition coefficient (Wildman–Crippen LogP) is 17.1. The number of rotatable bonds is 7. The van der Waals surface area contributed by atoms with Crippen LogP contribution in [0.15, 0.2) is 266 Å². The van der Waals surface area contributed by atoms with Crippen molar-refractivity contribution >= 4 is 65.7 Å². The molecule has 76 heavy (non-hydrogen) atoms. The highest BCUT2D eigenvalue weighted by Gasteiger charge is 2.41. The molecule has 16 rings (SSSR count). The van der Waals surface area contributed by atoms with E-state index in [0.29, 0.717) is 11.4 Å². The molecule has 0 saturated heterocycles. The maximum atomic E-state index is 6.79. The van der Waals surface area contributed by atoms with Gasteiger partial charge < -0.3 is 13.6 Å². The van der Waals surface area contributed by atoms with Crippen LogP contribution in [0.3, 0.4) is 0 Å². The van der Waals surface area contributed by atoms with Gasteiger partial charge >= 0.3 is 0 Å². The molecule has 5 heterocycles. The first-order valence-electron chi connectivity index (χ1n) is 25.9. The Bertz CT molecular complexity index is 4730. The number of para-hydroxylation sites is 4. The van der Waals surface area contributed by atoms with E-state index in [4.69, 9.17) is 14.4 Å². The van der Waals surface area contributed by atoms with Gasteiger partial charge in [0, 0.05) is 78.1 Å². The van der Waals surface area contributed by atoms with E-state index in [1.807, 2.05) is 36.4 Å². The van der Waals surface area contributed by atoms with Crippen LogP contribution in [-0.4, -0.2) is 19.1 Å². The van der Waals surface area contributed by atoms with Gasteiger partial charge in [-0.15, -0.1) is 0 Å². The monoisotopic (exact) mass is 970 g/mol. The molecule has 1 atom stereocenters. The number of furan rings is 1. The number of benzene rings is 10. The largest absolute Gasteiger partial charge is 0.452 e. The van der Waals surface area contributed by atoms with Crippen LogP contribution >= 0.6 is 0 Å². The molecule has 5 aromatic heterocycles. The molecule has 0 amide bonds. The average Bonchev–Trinajstić information content (AvgIpc) is 4.38. The second-order valence-electron chi connectivity index (χ2n) is 19.8. The Labute approximate surface area is 437 Å². The van der Waals surface area contributed by atoms with Crippen molar-refractivity contribution in [3.05, 3.63) is 272 Å². The van der Waals surface area contributed by atoms with Gasteiger partial charge in [0.1, 0.15) is 16.8 Å². The lowest BCUT2D eigenvalue weighted by Crippen LogP contribution is -2.39. The summed E-state index contributed by atoms with van der Waals surface area (Å²) < 4.78 is 14.2. The van der Waals surface area contributed by atoms with E-state index in [2.05, 4.69) is 238 Å². The molecule has 6 nitrogen and oxygen atoms in total. The van der Waals surface area contributed by atoms with Gasteiger partial charge in [0.25, 0.3) is 0 Å². The number of hydrogen-bond acceptors (Lipinski definition) is 3. The van der Waals surface area contributed by atoms with Gasteiger partial charge in [0.05, 0.1) is 27.8 Å². The van der Waals surface area contributed by atoms with E-state index in [1.54, 1.807) is 0 Å². The Kier molecular flexibility index (Phi) is 9.30. The van der Waals surface area contributed by atoms with Crippen molar-refractivity contribution < 1.29 is 8.98 Å². The average molecular weight is 971 g/mol. The Balaban J connectivity index is 1.02. The summed E-state index contributed by atoms with van der Waals surface area (Å²) in [7, 11) is 0. The molecule has 0 spiro atoms. The molecule has 0 N–H and O–H groups in total. The summed E-state index contributed by atoms with van der Waals surface area (Å²) in [6.45, 7) is 0. The lowest BCUT2D eigenvalue weighted by molar-refractivity contribution is -0.703. The smallest absolute Gasteiger partial charge is 0.211 e. The topological polar surface area (TPSA) is 52.7 Å². The van der Waals surface area contributed by atoms with E-state index in [-0.39, 0.29) is 6.04 Å². The standard InChI is InChI=1S/C70H44N5O/c1-6-22-44(23-7-1)54-42-47(65-69-66(53-32-16-19-35-60(53)76-69)72-70(71-65)46-26-10-3-11-27-46)43-55(45-24-8-2-9-25-45)67(54)75-57-34-18-15-31-52(57)62-59(75)39-37-50-49-36-38-58-61(63(49)68(64(50)62)73-40-20-5-21-41-73)51-30-14-17-33-56(51)74(58)48-28-12-4-13-29-48/h1-43,68H/q+1. The summed E-state index contributed by atoms with van der Waals surface area (Å²) in [5, 5.41) is 5.90. The third-order valence-electron chi connectivity index (χ3n) is 15.7. The van der Waals surface area contributed by atoms with Crippen LogP contribution in [0.2, 0.25) is 0 Å². The molecule has 1 aliphatic rings.